The number of alkyl halides is 7. The van der Waals surface area contributed by atoms with Crippen LogP contribution in [-0.2, 0) is 33.4 Å². The second-order valence-corrected chi connectivity index (χ2v) is 14.0. The lowest BCUT2D eigenvalue weighted by atomic mass is 9.99. The van der Waals surface area contributed by atoms with Crippen molar-refractivity contribution in [2.75, 3.05) is 13.2 Å². The summed E-state index contributed by atoms with van der Waals surface area (Å²) in [6, 6.07) is 10.8. The standard InChI is InChI=1S/C20H16F2N6O.C19H15F5N6O.C2H6/c1-27-8-5-11(13(27)10-23)14-12-4-2-6-24-19(12)25-16(14)15-17(18(21)22)26-28-7-3-9-29-20(15)28;1-29-8-10(15(28-29)19(22,23)24)11-9-4-2-5-25-17(9)26-13(11)12-14(16(20)21)27-30-6-3-7-31-18(12)30;1-2/h2,4-6,8,18H,3,7,9H2,1H3,(H,24,25);2,4-5,8,16H,3,6-7H2,1H3,(H,25,26);1-2H3. The first kappa shape index (κ1) is 41.6. The van der Waals surface area contributed by atoms with E-state index < -0.39 is 30.4 Å². The molecule has 62 heavy (non-hydrogen) atoms. The summed E-state index contributed by atoms with van der Waals surface area (Å²) in [5, 5.41) is 22.4. The summed E-state index contributed by atoms with van der Waals surface area (Å²) >= 11 is 0. The number of pyridine rings is 2. The highest BCUT2D eigenvalue weighted by Gasteiger charge is 2.40. The maximum Gasteiger partial charge on any atom is 0.435 e. The first-order chi connectivity index (χ1) is 29.8. The van der Waals surface area contributed by atoms with Crippen molar-refractivity contribution in [2.24, 2.45) is 14.1 Å². The Balaban J connectivity index is 0.000000165. The molecular weight excluding hydrogens is 826 g/mol. The molecule has 0 unspecified atom stereocenters. The summed E-state index contributed by atoms with van der Waals surface area (Å²) in [4.78, 5) is 14.6. The maximum absolute atomic E-state index is 13.9. The van der Waals surface area contributed by atoms with E-state index in [0.717, 1.165) is 10.1 Å². The van der Waals surface area contributed by atoms with E-state index >= 15 is 0 Å². The topological polar surface area (TPSA) is 158 Å². The number of nitriles is 1. The van der Waals surface area contributed by atoms with Gasteiger partial charge in [-0.15, -0.1) is 0 Å². The molecule has 0 saturated carbocycles. The highest BCUT2D eigenvalue weighted by molar-refractivity contribution is 6.05. The minimum atomic E-state index is -4.75. The maximum atomic E-state index is 13.9. The summed E-state index contributed by atoms with van der Waals surface area (Å²) < 4.78 is 114. The van der Waals surface area contributed by atoms with E-state index in [-0.39, 0.29) is 51.8 Å². The molecule has 10 heterocycles. The van der Waals surface area contributed by atoms with Gasteiger partial charge in [0.1, 0.15) is 34.4 Å². The van der Waals surface area contributed by atoms with Crippen molar-refractivity contribution in [2.45, 2.75) is 58.8 Å². The van der Waals surface area contributed by atoms with E-state index in [9.17, 15) is 36.0 Å². The van der Waals surface area contributed by atoms with Crippen LogP contribution in [0.25, 0.3) is 66.8 Å². The molecule has 10 rings (SSSR count). The Labute approximate surface area is 347 Å². The molecule has 2 aliphatic heterocycles. The molecule has 14 nitrogen and oxygen atoms in total. The van der Waals surface area contributed by atoms with Gasteiger partial charge in [0.2, 0.25) is 11.8 Å². The molecule has 0 atom stereocenters. The molecule has 0 spiro atoms. The second-order valence-electron chi connectivity index (χ2n) is 14.0. The number of aryl methyl sites for hydroxylation is 4. The van der Waals surface area contributed by atoms with Crippen LogP contribution < -0.4 is 9.47 Å². The van der Waals surface area contributed by atoms with Gasteiger partial charge in [-0.3, -0.25) is 4.68 Å². The molecule has 0 aromatic carbocycles. The first-order valence-corrected chi connectivity index (χ1v) is 19.5. The molecule has 2 N–H and O–H groups in total. The molecule has 8 aromatic rings. The fourth-order valence-corrected chi connectivity index (χ4v) is 7.80. The van der Waals surface area contributed by atoms with Gasteiger partial charge >= 0.3 is 6.18 Å². The number of hydrogen-bond donors (Lipinski definition) is 2. The van der Waals surface area contributed by atoms with Crippen molar-refractivity contribution in [1.29, 1.82) is 5.26 Å². The summed E-state index contributed by atoms with van der Waals surface area (Å²) in [5.41, 5.74) is 0.893. The number of nitrogens with one attached hydrogen (secondary N) is 2. The monoisotopic (exact) mass is 862 g/mol. The van der Waals surface area contributed by atoms with E-state index in [1.807, 2.05) is 19.9 Å². The zero-order valence-corrected chi connectivity index (χ0v) is 33.5. The Morgan fingerprint density at radius 3 is 1.69 bits per heavy atom. The van der Waals surface area contributed by atoms with E-state index in [2.05, 4.69) is 41.3 Å². The van der Waals surface area contributed by atoms with Gasteiger partial charge in [-0.1, -0.05) is 13.8 Å². The van der Waals surface area contributed by atoms with Crippen molar-refractivity contribution in [1.82, 2.24) is 53.8 Å². The number of H-pyrrole nitrogens is 2. The van der Waals surface area contributed by atoms with Crippen LogP contribution in [0.4, 0.5) is 30.7 Å². The molecule has 0 saturated heterocycles. The Hall–Kier alpha value is -7.11. The lowest BCUT2D eigenvalue weighted by molar-refractivity contribution is -0.140. The molecular formula is C41H37F7N12O2. The largest absolute Gasteiger partial charge is 0.477 e. The predicted octanol–water partition coefficient (Wildman–Crippen LogP) is 9.62. The van der Waals surface area contributed by atoms with Gasteiger partial charge < -0.3 is 24.0 Å². The first-order valence-electron chi connectivity index (χ1n) is 19.5. The number of aromatic nitrogens is 11. The Morgan fingerprint density at radius 1 is 0.726 bits per heavy atom. The number of aromatic amines is 2. The average molecular weight is 863 g/mol. The van der Waals surface area contributed by atoms with Gasteiger partial charge in [-0.25, -0.2) is 36.9 Å². The third-order valence-corrected chi connectivity index (χ3v) is 10.2. The zero-order chi connectivity index (χ0) is 44.0. The average Bonchev–Trinajstić information content (AvgIpc) is 4.11. The van der Waals surface area contributed by atoms with Gasteiger partial charge in [-0.2, -0.15) is 33.7 Å². The fourth-order valence-electron chi connectivity index (χ4n) is 7.80. The highest BCUT2D eigenvalue weighted by atomic mass is 19.4. The summed E-state index contributed by atoms with van der Waals surface area (Å²) in [7, 11) is 3.13. The molecule has 2 aliphatic rings. The van der Waals surface area contributed by atoms with Crippen LogP contribution in [0.1, 0.15) is 62.3 Å². The zero-order valence-electron chi connectivity index (χ0n) is 33.5. The number of nitrogens with zero attached hydrogens (tertiary/aromatic N) is 10. The summed E-state index contributed by atoms with van der Waals surface area (Å²) in [5.74, 6) is 0.403. The number of fused-ring (bicyclic) bond motifs is 4. The predicted molar refractivity (Wildman–Crippen MR) is 212 cm³/mol. The van der Waals surface area contributed by atoms with Crippen molar-refractivity contribution in [3.05, 3.63) is 77.9 Å². The number of halogens is 7. The smallest absolute Gasteiger partial charge is 0.435 e. The van der Waals surface area contributed by atoms with E-state index in [4.69, 9.17) is 9.47 Å². The van der Waals surface area contributed by atoms with Gasteiger partial charge in [0.15, 0.2) is 5.69 Å². The van der Waals surface area contributed by atoms with E-state index in [1.54, 1.807) is 48.3 Å². The molecule has 322 valence electrons. The minimum Gasteiger partial charge on any atom is -0.477 e. The van der Waals surface area contributed by atoms with Crippen LogP contribution in [0.2, 0.25) is 0 Å². The van der Waals surface area contributed by atoms with Gasteiger partial charge in [0, 0.05) is 97.8 Å². The fraction of sp³-hybridized carbons (Fsp3) is 0.317. The Bertz CT molecular complexity index is 2960. The number of rotatable bonds is 6. The minimum absolute atomic E-state index is 0.0330. The van der Waals surface area contributed by atoms with Gasteiger partial charge in [-0.05, 0) is 30.3 Å². The highest BCUT2D eigenvalue weighted by Crippen LogP contribution is 2.49. The molecule has 0 aliphatic carbocycles. The van der Waals surface area contributed by atoms with Crippen LogP contribution in [0.5, 0.6) is 11.8 Å². The van der Waals surface area contributed by atoms with E-state index in [0.29, 0.717) is 72.0 Å². The van der Waals surface area contributed by atoms with Crippen LogP contribution in [0, 0.1) is 11.3 Å². The Kier molecular flexibility index (Phi) is 11.0. The number of ether oxygens (including phenoxy) is 2. The van der Waals surface area contributed by atoms with Crippen molar-refractivity contribution in [3.8, 4) is 62.6 Å². The molecule has 8 aromatic heterocycles. The lowest BCUT2D eigenvalue weighted by Gasteiger charge is -2.16. The molecule has 0 amide bonds. The third-order valence-electron chi connectivity index (χ3n) is 10.2. The van der Waals surface area contributed by atoms with Crippen molar-refractivity contribution < 1.29 is 40.2 Å². The number of hydrogen-bond acceptors (Lipinski definition) is 8. The van der Waals surface area contributed by atoms with Gasteiger partial charge in [0.25, 0.3) is 12.9 Å². The summed E-state index contributed by atoms with van der Waals surface area (Å²) in [6.07, 6.45) is -3.14. The van der Waals surface area contributed by atoms with Crippen LogP contribution >= 0.6 is 0 Å². The lowest BCUT2D eigenvalue weighted by Crippen LogP contribution is -2.15. The van der Waals surface area contributed by atoms with Crippen LogP contribution in [0.3, 0.4) is 0 Å². The van der Waals surface area contributed by atoms with Crippen molar-refractivity contribution >= 4 is 22.1 Å². The normalized spacial score (nSPS) is 13.5. The summed E-state index contributed by atoms with van der Waals surface area (Å²) in [6.45, 7) is 5.60. The van der Waals surface area contributed by atoms with E-state index in [1.165, 1.54) is 28.8 Å². The second kappa shape index (κ2) is 16.4. The molecule has 0 fully saturated rings. The van der Waals surface area contributed by atoms with Crippen molar-refractivity contribution in [3.63, 3.8) is 0 Å². The molecule has 0 radical (unpaired) electrons. The van der Waals surface area contributed by atoms with Gasteiger partial charge in [0.05, 0.1) is 35.7 Å². The third kappa shape index (κ3) is 7.07. The SMILES string of the molecule is CC.Cn1cc(-c2c(-c3c(C(F)F)nn4c3OCCC4)[nH]c3ncccc23)c(C(F)(F)F)n1.Cn1ccc(-c2c(-c3c(C(F)F)nn4c3OCCC4)[nH]c3ncccc23)c1C#N. The molecule has 21 heteroatoms. The van der Waals surface area contributed by atoms with Crippen LogP contribution in [-0.4, -0.2) is 67.1 Å². The quantitative estimate of drug-likeness (QED) is 0.157. The van der Waals surface area contributed by atoms with Crippen LogP contribution in [0.15, 0.2) is 55.1 Å². The Morgan fingerprint density at radius 2 is 1.23 bits per heavy atom. The molecule has 0 bridgehead atoms.